The first-order valence-corrected chi connectivity index (χ1v) is 7.31. The van der Waals surface area contributed by atoms with Gasteiger partial charge in [-0.1, -0.05) is 17.8 Å². The second kappa shape index (κ2) is 4.52. The highest BCUT2D eigenvalue weighted by atomic mass is 35.5. The van der Waals surface area contributed by atoms with Crippen molar-refractivity contribution >= 4 is 47.1 Å². The third kappa shape index (κ3) is 2.17. The maximum absolute atomic E-state index is 11.8. The molecule has 3 rings (SSSR count). The maximum atomic E-state index is 11.8. The number of hydrogen-bond acceptors (Lipinski definition) is 4. The Labute approximate surface area is 113 Å². The summed E-state index contributed by atoms with van der Waals surface area (Å²) in [5, 5.41) is 2.01. The van der Waals surface area contributed by atoms with E-state index >= 15 is 0 Å². The molecule has 3 aliphatic rings. The number of carbonyl (C=O) groups is 1. The molecule has 0 aromatic rings. The van der Waals surface area contributed by atoms with Gasteiger partial charge in [-0.25, -0.2) is 0 Å². The predicted octanol–water partition coefficient (Wildman–Crippen LogP) is 3.62. The molecule has 2 heterocycles. The molecule has 17 heavy (non-hydrogen) atoms. The van der Waals surface area contributed by atoms with Crippen LogP contribution in [0.25, 0.3) is 0 Å². The number of alkyl halides is 1. The van der Waals surface area contributed by atoms with Crippen LogP contribution in [0.2, 0.25) is 0 Å². The Morgan fingerprint density at radius 3 is 3.24 bits per heavy atom. The van der Waals surface area contributed by atoms with Crippen LogP contribution in [0.3, 0.4) is 0 Å². The summed E-state index contributed by atoms with van der Waals surface area (Å²) in [4.78, 5) is 18.0. The van der Waals surface area contributed by atoms with Crippen LogP contribution in [0, 0.1) is 0 Å². The number of rotatable bonds is 0. The van der Waals surface area contributed by atoms with Crippen molar-refractivity contribution in [1.29, 1.82) is 0 Å². The lowest BCUT2D eigenvalue weighted by Gasteiger charge is -2.15. The molecule has 1 atom stereocenters. The highest BCUT2D eigenvalue weighted by molar-refractivity contribution is 8.10. The third-order valence-corrected chi connectivity index (χ3v) is 5.09. The number of thioether (sulfide) groups is 2. The van der Waals surface area contributed by atoms with Crippen LogP contribution in [0.4, 0.5) is 0 Å². The molecular weight excluding hydrogens is 274 g/mol. The SMILES string of the molecule is O=C1CC=CC2=C1SC1=CSC(Cl)C=C1C=N2. The van der Waals surface area contributed by atoms with Gasteiger partial charge >= 0.3 is 0 Å². The van der Waals surface area contributed by atoms with Crippen molar-refractivity contribution in [1.82, 2.24) is 0 Å². The van der Waals surface area contributed by atoms with E-state index in [1.54, 1.807) is 18.0 Å². The first kappa shape index (κ1) is 11.4. The number of fused-ring (bicyclic) bond motifs is 1. The number of aliphatic imine (C=N–C) groups is 1. The van der Waals surface area contributed by atoms with Crippen LogP contribution >= 0.6 is 35.1 Å². The maximum Gasteiger partial charge on any atom is 0.175 e. The largest absolute Gasteiger partial charge is 0.293 e. The van der Waals surface area contributed by atoms with Crippen LogP contribution in [-0.4, -0.2) is 16.7 Å². The van der Waals surface area contributed by atoms with Gasteiger partial charge in [-0.15, -0.1) is 23.4 Å². The Kier molecular flexibility index (Phi) is 3.03. The minimum absolute atomic E-state index is 0.0535. The fraction of sp³-hybridized carbons (Fsp3) is 0.167. The molecule has 1 unspecified atom stereocenters. The number of hydrogen-bond donors (Lipinski definition) is 0. The minimum Gasteiger partial charge on any atom is -0.293 e. The molecule has 2 aliphatic heterocycles. The Hall–Kier alpha value is -0.710. The van der Waals surface area contributed by atoms with Crippen LogP contribution in [0.15, 0.2) is 49.7 Å². The zero-order valence-corrected chi connectivity index (χ0v) is 11.1. The Balaban J connectivity index is 2.04. The molecule has 0 N–H and O–H groups in total. The molecule has 0 saturated carbocycles. The molecule has 0 fully saturated rings. The fourth-order valence-corrected chi connectivity index (χ4v) is 3.84. The quantitative estimate of drug-likeness (QED) is 0.635. The van der Waals surface area contributed by atoms with Crippen molar-refractivity contribution < 1.29 is 4.79 Å². The van der Waals surface area contributed by atoms with Gasteiger partial charge in [-0.2, -0.15) is 0 Å². The van der Waals surface area contributed by atoms with Crippen LogP contribution < -0.4 is 0 Å². The van der Waals surface area contributed by atoms with E-state index in [1.165, 1.54) is 11.8 Å². The van der Waals surface area contributed by atoms with E-state index in [2.05, 4.69) is 4.99 Å². The Bertz CT molecular complexity index is 543. The first-order valence-electron chi connectivity index (χ1n) is 5.12. The van der Waals surface area contributed by atoms with Gasteiger partial charge in [0.05, 0.1) is 10.6 Å². The van der Waals surface area contributed by atoms with E-state index in [9.17, 15) is 4.79 Å². The van der Waals surface area contributed by atoms with Gasteiger partial charge in [0.25, 0.3) is 0 Å². The summed E-state index contributed by atoms with van der Waals surface area (Å²) >= 11 is 9.09. The number of carbonyl (C=O) groups excluding carboxylic acids is 1. The zero-order chi connectivity index (χ0) is 11.8. The highest BCUT2D eigenvalue weighted by Gasteiger charge is 2.24. The lowest BCUT2D eigenvalue weighted by atomic mass is 10.1. The summed E-state index contributed by atoms with van der Waals surface area (Å²) in [7, 11) is 0. The highest BCUT2D eigenvalue weighted by Crippen LogP contribution is 2.42. The van der Waals surface area contributed by atoms with Crippen molar-refractivity contribution in [2.24, 2.45) is 4.99 Å². The summed E-state index contributed by atoms with van der Waals surface area (Å²) in [6.07, 6.45) is 7.99. The molecule has 0 bridgehead atoms. The molecule has 0 saturated heterocycles. The summed E-state index contributed by atoms with van der Waals surface area (Å²) in [6.45, 7) is 0. The fourth-order valence-electron chi connectivity index (χ4n) is 1.70. The standard InChI is InChI=1S/C12H8ClNOS2/c13-11-4-7-5-14-8-2-1-3-9(15)12(8)17-10(7)6-16-11/h1-2,4-6,11H,3H2. The van der Waals surface area contributed by atoms with Gasteiger partial charge in [-0.3, -0.25) is 9.79 Å². The Morgan fingerprint density at radius 1 is 1.47 bits per heavy atom. The van der Waals surface area contributed by atoms with Crippen molar-refractivity contribution in [2.45, 2.75) is 11.1 Å². The van der Waals surface area contributed by atoms with Gasteiger partial charge in [-0.05, 0) is 17.6 Å². The first-order chi connectivity index (χ1) is 8.24. The third-order valence-electron chi connectivity index (χ3n) is 2.52. The summed E-state index contributed by atoms with van der Waals surface area (Å²) in [6, 6.07) is 0. The van der Waals surface area contributed by atoms with Gasteiger partial charge < -0.3 is 0 Å². The molecule has 5 heteroatoms. The van der Waals surface area contributed by atoms with E-state index in [4.69, 9.17) is 11.6 Å². The molecule has 0 aromatic heterocycles. The molecule has 86 valence electrons. The van der Waals surface area contributed by atoms with Gasteiger partial charge in [0, 0.05) is 23.1 Å². The van der Waals surface area contributed by atoms with Crippen molar-refractivity contribution in [3.8, 4) is 0 Å². The lowest BCUT2D eigenvalue weighted by Crippen LogP contribution is -2.04. The van der Waals surface area contributed by atoms with E-state index in [0.717, 1.165) is 21.1 Å². The summed E-state index contributed by atoms with van der Waals surface area (Å²) in [5.74, 6) is 0.143. The Morgan fingerprint density at radius 2 is 2.35 bits per heavy atom. The molecule has 0 aromatic carbocycles. The van der Waals surface area contributed by atoms with E-state index in [1.807, 2.05) is 23.6 Å². The molecule has 0 amide bonds. The van der Waals surface area contributed by atoms with Crippen LogP contribution in [0.1, 0.15) is 6.42 Å². The monoisotopic (exact) mass is 281 g/mol. The number of halogens is 1. The number of ketones is 1. The number of nitrogens with zero attached hydrogens (tertiary/aromatic N) is 1. The average Bonchev–Trinajstić information content (AvgIpc) is 2.49. The topological polar surface area (TPSA) is 29.4 Å². The number of allylic oxidation sites excluding steroid dienone is 4. The van der Waals surface area contributed by atoms with Gasteiger partial charge in [0.15, 0.2) is 5.78 Å². The lowest BCUT2D eigenvalue weighted by molar-refractivity contribution is -0.114. The van der Waals surface area contributed by atoms with Gasteiger partial charge in [0.2, 0.25) is 0 Å². The van der Waals surface area contributed by atoms with Crippen molar-refractivity contribution in [3.05, 3.63) is 44.7 Å². The van der Waals surface area contributed by atoms with Crippen LogP contribution in [0.5, 0.6) is 0 Å². The van der Waals surface area contributed by atoms with E-state index in [-0.39, 0.29) is 10.5 Å². The van der Waals surface area contributed by atoms with Crippen molar-refractivity contribution in [3.63, 3.8) is 0 Å². The predicted molar refractivity (Wildman–Crippen MR) is 75.3 cm³/mol. The molecule has 1 aliphatic carbocycles. The normalized spacial score (nSPS) is 27.1. The van der Waals surface area contributed by atoms with Gasteiger partial charge in [0.1, 0.15) is 4.71 Å². The molecular formula is C12H8ClNOS2. The summed E-state index contributed by atoms with van der Waals surface area (Å²) < 4.78 is -0.0535. The minimum atomic E-state index is -0.0535. The van der Waals surface area contributed by atoms with E-state index < -0.39 is 0 Å². The summed E-state index contributed by atoms with van der Waals surface area (Å²) in [5.41, 5.74) is 1.77. The molecule has 2 nitrogen and oxygen atoms in total. The smallest absolute Gasteiger partial charge is 0.175 e. The second-order valence-electron chi connectivity index (χ2n) is 3.70. The van der Waals surface area contributed by atoms with E-state index in [0.29, 0.717) is 6.42 Å². The molecule has 0 radical (unpaired) electrons. The van der Waals surface area contributed by atoms with Crippen molar-refractivity contribution in [2.75, 3.05) is 0 Å². The van der Waals surface area contributed by atoms with Crippen LogP contribution in [-0.2, 0) is 4.79 Å². The molecule has 0 spiro atoms. The zero-order valence-electron chi connectivity index (χ0n) is 8.72. The number of Topliss-reactive ketones (excluding diaryl/α,β-unsaturated/α-hetero) is 1. The second-order valence-corrected chi connectivity index (χ2v) is 6.49. The average molecular weight is 282 g/mol.